The highest BCUT2D eigenvalue weighted by Crippen LogP contribution is 2.15. The number of anilines is 1. The number of H-pyrrole nitrogens is 1. The quantitative estimate of drug-likeness (QED) is 0.784. The van der Waals surface area contributed by atoms with E-state index in [1.165, 1.54) is 11.9 Å². The van der Waals surface area contributed by atoms with E-state index >= 15 is 0 Å². The predicted octanol–water partition coefficient (Wildman–Crippen LogP) is 1.19. The van der Waals surface area contributed by atoms with Gasteiger partial charge in [0.1, 0.15) is 17.4 Å². The molecule has 0 fully saturated rings. The molecule has 0 saturated heterocycles. The number of likely N-dealkylation sites (N-methyl/N-ethyl adjacent to an activating group) is 1. The summed E-state index contributed by atoms with van der Waals surface area (Å²) in [6.07, 6.45) is 0.502. The van der Waals surface area contributed by atoms with E-state index < -0.39 is 5.56 Å². The summed E-state index contributed by atoms with van der Waals surface area (Å²) < 4.78 is 4.86. The standard InChI is InChI=1S/C18H21N5O4/c1-10-7-15(22-27-10)21-16(24)9-23(4)17(25)6-5-13-11(2)14(8-19)18(26)20-12(13)3/h7H,5-6,9H2,1-4H3,(H,20,26)(H,21,22,24). The van der Waals surface area contributed by atoms with E-state index in [9.17, 15) is 14.4 Å². The summed E-state index contributed by atoms with van der Waals surface area (Å²) in [5.74, 6) is 0.243. The van der Waals surface area contributed by atoms with Gasteiger partial charge in [-0.15, -0.1) is 0 Å². The molecule has 0 aliphatic rings. The Morgan fingerprint density at radius 3 is 2.67 bits per heavy atom. The van der Waals surface area contributed by atoms with Crippen LogP contribution in [0.1, 0.15) is 34.6 Å². The van der Waals surface area contributed by atoms with E-state index in [-0.39, 0.29) is 30.3 Å². The lowest BCUT2D eigenvalue weighted by molar-refractivity contribution is -0.133. The molecule has 0 atom stereocenters. The number of nitrogens with one attached hydrogen (secondary N) is 2. The molecule has 0 aromatic carbocycles. The first kappa shape index (κ1) is 19.9. The zero-order valence-corrected chi connectivity index (χ0v) is 15.7. The summed E-state index contributed by atoms with van der Waals surface area (Å²) in [6, 6.07) is 3.46. The van der Waals surface area contributed by atoms with Crippen LogP contribution in [0.2, 0.25) is 0 Å². The van der Waals surface area contributed by atoms with E-state index in [1.54, 1.807) is 26.8 Å². The number of aryl methyl sites for hydroxylation is 2. The first-order chi connectivity index (χ1) is 12.7. The fraction of sp³-hybridized carbons (Fsp3) is 0.389. The monoisotopic (exact) mass is 371 g/mol. The van der Waals surface area contributed by atoms with Crippen molar-refractivity contribution in [3.05, 3.63) is 44.6 Å². The number of rotatable bonds is 6. The van der Waals surface area contributed by atoms with Crippen molar-refractivity contribution in [1.82, 2.24) is 15.0 Å². The molecule has 2 rings (SSSR count). The average molecular weight is 371 g/mol. The van der Waals surface area contributed by atoms with E-state index in [4.69, 9.17) is 9.78 Å². The minimum atomic E-state index is -0.431. The van der Waals surface area contributed by atoms with Crippen LogP contribution in [0.25, 0.3) is 0 Å². The molecular weight excluding hydrogens is 350 g/mol. The highest BCUT2D eigenvalue weighted by atomic mass is 16.5. The fourth-order valence-electron chi connectivity index (χ4n) is 2.75. The normalized spacial score (nSPS) is 10.3. The van der Waals surface area contributed by atoms with Gasteiger partial charge in [-0.05, 0) is 38.3 Å². The van der Waals surface area contributed by atoms with Crippen LogP contribution >= 0.6 is 0 Å². The Hall–Kier alpha value is -3.41. The van der Waals surface area contributed by atoms with E-state index in [1.807, 2.05) is 6.07 Å². The van der Waals surface area contributed by atoms with Gasteiger partial charge in [0.2, 0.25) is 11.8 Å². The van der Waals surface area contributed by atoms with Gasteiger partial charge in [-0.2, -0.15) is 5.26 Å². The van der Waals surface area contributed by atoms with Gasteiger partial charge in [0.25, 0.3) is 5.56 Å². The van der Waals surface area contributed by atoms with Crippen molar-refractivity contribution in [2.45, 2.75) is 33.6 Å². The Morgan fingerprint density at radius 2 is 2.07 bits per heavy atom. The number of hydrogen-bond acceptors (Lipinski definition) is 6. The second kappa shape index (κ2) is 8.31. The Morgan fingerprint density at radius 1 is 1.37 bits per heavy atom. The number of nitriles is 1. The van der Waals surface area contributed by atoms with Crippen molar-refractivity contribution in [3.8, 4) is 6.07 Å². The van der Waals surface area contributed by atoms with Crippen LogP contribution in [0.15, 0.2) is 15.4 Å². The van der Waals surface area contributed by atoms with Crippen LogP contribution in [0.5, 0.6) is 0 Å². The molecule has 142 valence electrons. The van der Waals surface area contributed by atoms with Gasteiger partial charge < -0.3 is 19.7 Å². The number of aromatic nitrogens is 2. The van der Waals surface area contributed by atoms with E-state index in [2.05, 4.69) is 15.5 Å². The number of nitrogens with zero attached hydrogens (tertiary/aromatic N) is 3. The van der Waals surface area contributed by atoms with Crippen LogP contribution in [0.4, 0.5) is 5.82 Å². The number of carbonyl (C=O) groups excluding carboxylic acids is 2. The van der Waals surface area contributed by atoms with Crippen LogP contribution in [-0.2, 0) is 16.0 Å². The second-order valence-electron chi connectivity index (χ2n) is 6.29. The fourth-order valence-corrected chi connectivity index (χ4v) is 2.75. The second-order valence-corrected chi connectivity index (χ2v) is 6.29. The molecule has 2 heterocycles. The molecule has 2 aromatic heterocycles. The Labute approximate surface area is 156 Å². The summed E-state index contributed by atoms with van der Waals surface area (Å²) in [7, 11) is 1.53. The largest absolute Gasteiger partial charge is 0.360 e. The van der Waals surface area contributed by atoms with Crippen molar-refractivity contribution in [1.29, 1.82) is 5.26 Å². The Kier molecular flexibility index (Phi) is 6.13. The first-order valence-electron chi connectivity index (χ1n) is 8.32. The van der Waals surface area contributed by atoms with Crippen molar-refractivity contribution in [3.63, 3.8) is 0 Å². The SMILES string of the molecule is Cc1cc(NC(=O)CN(C)C(=O)CCc2c(C)[nH]c(=O)c(C#N)c2C)no1. The van der Waals surface area contributed by atoms with Gasteiger partial charge in [0.15, 0.2) is 5.82 Å². The molecule has 9 heteroatoms. The molecule has 2 N–H and O–H groups in total. The van der Waals surface area contributed by atoms with Crippen LogP contribution in [0.3, 0.4) is 0 Å². The van der Waals surface area contributed by atoms with Gasteiger partial charge in [-0.25, -0.2) is 0 Å². The lowest BCUT2D eigenvalue weighted by atomic mass is 9.99. The number of hydrogen-bond donors (Lipinski definition) is 2. The summed E-state index contributed by atoms with van der Waals surface area (Å²) in [5.41, 5.74) is 1.59. The Bertz CT molecular complexity index is 967. The zero-order valence-electron chi connectivity index (χ0n) is 15.7. The summed E-state index contributed by atoms with van der Waals surface area (Å²) in [4.78, 5) is 40.0. The maximum absolute atomic E-state index is 12.3. The van der Waals surface area contributed by atoms with Gasteiger partial charge >= 0.3 is 0 Å². The van der Waals surface area contributed by atoms with E-state index in [0.717, 1.165) is 5.56 Å². The number of amides is 2. The molecule has 0 spiro atoms. The predicted molar refractivity (Wildman–Crippen MR) is 97.1 cm³/mol. The van der Waals surface area contributed by atoms with Crippen molar-refractivity contribution < 1.29 is 14.1 Å². The Balaban J connectivity index is 1.96. The van der Waals surface area contributed by atoms with Crippen LogP contribution in [-0.4, -0.2) is 40.4 Å². The maximum Gasteiger partial charge on any atom is 0.266 e. The minimum Gasteiger partial charge on any atom is -0.360 e. The summed E-state index contributed by atoms with van der Waals surface area (Å²) in [6.45, 7) is 5.00. The number of carbonyl (C=O) groups is 2. The number of aromatic amines is 1. The molecule has 0 radical (unpaired) electrons. The van der Waals surface area contributed by atoms with Crippen molar-refractivity contribution in [2.24, 2.45) is 0 Å². The third-order valence-corrected chi connectivity index (χ3v) is 4.21. The molecule has 0 aliphatic carbocycles. The van der Waals surface area contributed by atoms with E-state index in [0.29, 0.717) is 29.3 Å². The molecular formula is C18H21N5O4. The molecule has 0 unspecified atom stereocenters. The first-order valence-corrected chi connectivity index (χ1v) is 8.32. The number of pyridine rings is 1. The third kappa shape index (κ3) is 4.82. The molecule has 2 aromatic rings. The molecule has 0 aliphatic heterocycles. The summed E-state index contributed by atoms with van der Waals surface area (Å²) >= 11 is 0. The highest BCUT2D eigenvalue weighted by Gasteiger charge is 2.17. The minimum absolute atomic E-state index is 0.0543. The van der Waals surface area contributed by atoms with Crippen LogP contribution < -0.4 is 10.9 Å². The van der Waals surface area contributed by atoms with Gasteiger partial charge in [0.05, 0.1) is 6.54 Å². The lowest BCUT2D eigenvalue weighted by Gasteiger charge is -2.17. The average Bonchev–Trinajstić information content (AvgIpc) is 2.99. The maximum atomic E-state index is 12.3. The topological polar surface area (TPSA) is 132 Å². The molecule has 0 bridgehead atoms. The smallest absolute Gasteiger partial charge is 0.266 e. The zero-order chi connectivity index (χ0) is 20.1. The molecule has 2 amide bonds. The van der Waals surface area contributed by atoms with Crippen molar-refractivity contribution in [2.75, 3.05) is 18.9 Å². The van der Waals surface area contributed by atoms with Crippen molar-refractivity contribution >= 4 is 17.6 Å². The van der Waals surface area contributed by atoms with Gasteiger partial charge in [-0.3, -0.25) is 14.4 Å². The molecule has 9 nitrogen and oxygen atoms in total. The molecule has 27 heavy (non-hydrogen) atoms. The summed E-state index contributed by atoms with van der Waals surface area (Å²) in [5, 5.41) is 15.3. The lowest BCUT2D eigenvalue weighted by Crippen LogP contribution is -2.35. The highest BCUT2D eigenvalue weighted by molar-refractivity contribution is 5.93. The van der Waals surface area contributed by atoms with Crippen LogP contribution in [0, 0.1) is 32.1 Å². The molecule has 0 saturated carbocycles. The van der Waals surface area contributed by atoms with Gasteiger partial charge in [-0.1, -0.05) is 5.16 Å². The van der Waals surface area contributed by atoms with Gasteiger partial charge in [0, 0.05) is 25.2 Å². The third-order valence-electron chi connectivity index (χ3n) is 4.21.